The maximum atomic E-state index is 12.4. The molecule has 3 N–H and O–H groups in total. The van der Waals surface area contributed by atoms with Crippen LogP contribution < -0.4 is 10.9 Å². The molecule has 3 rings (SSSR count). The van der Waals surface area contributed by atoms with E-state index in [1.807, 2.05) is 6.92 Å². The van der Waals surface area contributed by atoms with Gasteiger partial charge in [-0.3, -0.25) is 24.5 Å². The minimum atomic E-state index is -0.860. The third-order valence-electron chi connectivity index (χ3n) is 4.79. The van der Waals surface area contributed by atoms with E-state index in [4.69, 9.17) is 14.2 Å². The smallest absolute Gasteiger partial charge is 0.280 e. The topological polar surface area (TPSA) is 141 Å². The van der Waals surface area contributed by atoms with Crippen molar-refractivity contribution in [3.05, 3.63) is 16.7 Å². The fourth-order valence-electron chi connectivity index (χ4n) is 3.16. The Balaban J connectivity index is 1.97. The van der Waals surface area contributed by atoms with E-state index in [0.29, 0.717) is 13.0 Å². The van der Waals surface area contributed by atoms with Crippen molar-refractivity contribution >= 4 is 23.0 Å². The first kappa shape index (κ1) is 21.4. The number of rotatable bonds is 8. The van der Waals surface area contributed by atoms with Crippen molar-refractivity contribution in [2.75, 3.05) is 25.6 Å². The number of carbonyl (C=O) groups excluding carboxylic acids is 1. The number of amides is 1. The molecule has 0 radical (unpaired) electrons. The third kappa shape index (κ3) is 4.32. The molecule has 2 aromatic rings. The van der Waals surface area contributed by atoms with Crippen molar-refractivity contribution in [3.8, 4) is 0 Å². The van der Waals surface area contributed by atoms with Crippen molar-refractivity contribution in [1.82, 2.24) is 19.5 Å². The summed E-state index contributed by atoms with van der Waals surface area (Å²) in [5.41, 5.74) is -0.168. The van der Waals surface area contributed by atoms with Gasteiger partial charge in [0.1, 0.15) is 12.2 Å². The van der Waals surface area contributed by atoms with Gasteiger partial charge in [0.2, 0.25) is 11.9 Å². The first-order chi connectivity index (χ1) is 13.9. The highest BCUT2D eigenvalue weighted by atomic mass is 16.6. The molecule has 4 atom stereocenters. The third-order valence-corrected chi connectivity index (χ3v) is 4.79. The van der Waals surface area contributed by atoms with E-state index in [9.17, 15) is 14.7 Å². The van der Waals surface area contributed by atoms with Gasteiger partial charge in [0.05, 0.1) is 25.6 Å². The number of carbonyl (C=O) groups is 1. The van der Waals surface area contributed by atoms with Crippen LogP contribution in [0.3, 0.4) is 0 Å². The number of aliphatic hydroxyl groups excluding tert-OH is 1. The summed E-state index contributed by atoms with van der Waals surface area (Å²) in [4.78, 5) is 35.4. The maximum absolute atomic E-state index is 12.4. The van der Waals surface area contributed by atoms with E-state index in [2.05, 4.69) is 20.3 Å². The Labute approximate surface area is 167 Å². The lowest BCUT2D eigenvalue weighted by molar-refractivity contribution is -0.118. The zero-order chi connectivity index (χ0) is 21.1. The van der Waals surface area contributed by atoms with Crippen LogP contribution in [0.5, 0.6) is 0 Å². The number of fused-ring (bicyclic) bond motifs is 1. The number of nitrogens with zero attached hydrogens (tertiary/aromatic N) is 3. The second kappa shape index (κ2) is 8.99. The predicted octanol–water partition coefficient (Wildman–Crippen LogP) is 0.414. The Kier molecular flexibility index (Phi) is 6.63. The number of ether oxygens (including phenoxy) is 3. The molecular weight excluding hydrogens is 382 g/mol. The monoisotopic (exact) mass is 409 g/mol. The molecular formula is C18H27N5O6. The van der Waals surface area contributed by atoms with E-state index in [0.717, 1.165) is 0 Å². The summed E-state index contributed by atoms with van der Waals surface area (Å²) < 4.78 is 18.3. The van der Waals surface area contributed by atoms with Crippen LogP contribution >= 0.6 is 0 Å². The molecule has 1 aliphatic rings. The molecule has 1 aliphatic heterocycles. The number of methoxy groups -OCH3 is 1. The highest BCUT2D eigenvalue weighted by molar-refractivity contribution is 5.91. The van der Waals surface area contributed by atoms with Gasteiger partial charge in [-0.2, -0.15) is 4.98 Å². The van der Waals surface area contributed by atoms with Gasteiger partial charge in [-0.25, -0.2) is 4.98 Å². The van der Waals surface area contributed by atoms with Crippen LogP contribution in [0.15, 0.2) is 11.1 Å². The van der Waals surface area contributed by atoms with Crippen LogP contribution in [-0.2, 0) is 19.0 Å². The molecule has 1 amide bonds. The Bertz CT molecular complexity index is 910. The maximum Gasteiger partial charge on any atom is 0.280 e. The summed E-state index contributed by atoms with van der Waals surface area (Å²) in [6.45, 7) is 6.00. The number of imidazole rings is 1. The normalized spacial score (nSPS) is 24.5. The molecule has 0 aliphatic carbocycles. The lowest BCUT2D eigenvalue weighted by Gasteiger charge is -2.22. The summed E-state index contributed by atoms with van der Waals surface area (Å²) in [7, 11) is 1.56. The first-order valence-corrected chi connectivity index (χ1v) is 9.59. The standard InChI is InChI=1S/C18H27N5O6/c1-5-10-12(24)13(28-7-6-27-4)17(29-10)23-8-19-11-14(23)20-18(22-16(11)26)21-15(25)9(2)3/h8-10,12-13,17,24H,5-7H2,1-4H3,(H2,20,21,22,25,26)/t10-,12-,13-,17-/m1/s1. The lowest BCUT2D eigenvalue weighted by Crippen LogP contribution is -2.35. The van der Waals surface area contributed by atoms with Crippen molar-refractivity contribution in [1.29, 1.82) is 0 Å². The molecule has 1 fully saturated rings. The summed E-state index contributed by atoms with van der Waals surface area (Å²) in [6.07, 6.45) is -0.725. The van der Waals surface area contributed by atoms with Gasteiger partial charge >= 0.3 is 0 Å². The number of hydrogen-bond acceptors (Lipinski definition) is 8. The molecule has 11 nitrogen and oxygen atoms in total. The number of nitrogens with one attached hydrogen (secondary N) is 2. The zero-order valence-corrected chi connectivity index (χ0v) is 16.9. The lowest BCUT2D eigenvalue weighted by atomic mass is 10.1. The van der Waals surface area contributed by atoms with Crippen molar-refractivity contribution in [3.63, 3.8) is 0 Å². The summed E-state index contributed by atoms with van der Waals surface area (Å²) in [6, 6.07) is 0. The van der Waals surface area contributed by atoms with Crippen LogP contribution in [0, 0.1) is 5.92 Å². The van der Waals surface area contributed by atoms with Crippen LogP contribution in [0.2, 0.25) is 0 Å². The molecule has 0 spiro atoms. The van der Waals surface area contributed by atoms with Gasteiger partial charge < -0.3 is 19.3 Å². The molecule has 3 heterocycles. The number of H-pyrrole nitrogens is 1. The van der Waals surface area contributed by atoms with Crippen molar-refractivity contribution < 1.29 is 24.1 Å². The number of anilines is 1. The minimum absolute atomic E-state index is 0.0189. The average Bonchev–Trinajstić information content (AvgIpc) is 3.23. The summed E-state index contributed by atoms with van der Waals surface area (Å²) in [5.74, 6) is -0.540. The first-order valence-electron chi connectivity index (χ1n) is 9.59. The quantitative estimate of drug-likeness (QED) is 0.533. The largest absolute Gasteiger partial charge is 0.388 e. The number of aromatic amines is 1. The van der Waals surface area contributed by atoms with E-state index < -0.39 is 30.1 Å². The fraction of sp³-hybridized carbons (Fsp3) is 0.667. The van der Waals surface area contributed by atoms with Crippen molar-refractivity contribution in [2.24, 2.45) is 5.92 Å². The molecule has 2 aromatic heterocycles. The van der Waals surface area contributed by atoms with Gasteiger partial charge in [0.25, 0.3) is 5.56 Å². The van der Waals surface area contributed by atoms with E-state index in [1.54, 1.807) is 25.5 Å². The Morgan fingerprint density at radius 3 is 2.86 bits per heavy atom. The van der Waals surface area contributed by atoms with Crippen LogP contribution in [0.1, 0.15) is 33.4 Å². The van der Waals surface area contributed by atoms with Crippen LogP contribution in [-0.4, -0.2) is 69.2 Å². The molecule has 160 valence electrons. The van der Waals surface area contributed by atoms with Gasteiger partial charge in [0, 0.05) is 13.0 Å². The van der Waals surface area contributed by atoms with Crippen LogP contribution in [0.4, 0.5) is 5.95 Å². The average molecular weight is 409 g/mol. The molecule has 29 heavy (non-hydrogen) atoms. The van der Waals surface area contributed by atoms with E-state index in [-0.39, 0.29) is 35.5 Å². The van der Waals surface area contributed by atoms with Crippen molar-refractivity contribution in [2.45, 2.75) is 51.7 Å². The molecule has 0 unspecified atom stereocenters. The summed E-state index contributed by atoms with van der Waals surface area (Å²) >= 11 is 0. The van der Waals surface area contributed by atoms with Crippen LogP contribution in [0.25, 0.3) is 11.2 Å². The Hall–Kier alpha value is -2.34. The van der Waals surface area contributed by atoms with E-state index >= 15 is 0 Å². The molecule has 0 saturated carbocycles. The SMILES string of the molecule is CC[C@H]1O[C@@H](n2cnc3c(=O)[nH]c(NC(=O)C(C)C)nc32)[C@H](OCCOC)[C@@H]1O. The van der Waals surface area contributed by atoms with E-state index in [1.165, 1.54) is 6.33 Å². The van der Waals surface area contributed by atoms with Gasteiger partial charge in [0.15, 0.2) is 17.4 Å². The second-order valence-corrected chi connectivity index (χ2v) is 7.17. The Morgan fingerprint density at radius 1 is 1.45 bits per heavy atom. The highest BCUT2D eigenvalue weighted by Gasteiger charge is 2.45. The van der Waals surface area contributed by atoms with Gasteiger partial charge in [-0.05, 0) is 6.42 Å². The minimum Gasteiger partial charge on any atom is -0.388 e. The summed E-state index contributed by atoms with van der Waals surface area (Å²) in [5, 5.41) is 13.2. The molecule has 11 heteroatoms. The molecule has 1 saturated heterocycles. The van der Waals surface area contributed by atoms with Gasteiger partial charge in [-0.15, -0.1) is 0 Å². The van der Waals surface area contributed by atoms with Gasteiger partial charge in [-0.1, -0.05) is 20.8 Å². The number of aliphatic hydroxyl groups is 1. The fourth-order valence-corrected chi connectivity index (χ4v) is 3.16. The number of aromatic nitrogens is 4. The highest BCUT2D eigenvalue weighted by Crippen LogP contribution is 2.34. The molecule has 0 aromatic carbocycles. The zero-order valence-electron chi connectivity index (χ0n) is 16.9. The second-order valence-electron chi connectivity index (χ2n) is 7.17. The predicted molar refractivity (Wildman–Crippen MR) is 103 cm³/mol. The Morgan fingerprint density at radius 2 is 2.21 bits per heavy atom. The molecule has 0 bridgehead atoms. The number of hydrogen-bond donors (Lipinski definition) is 3.